The van der Waals surface area contributed by atoms with Gasteiger partial charge < -0.3 is 19.3 Å². The van der Waals surface area contributed by atoms with Gasteiger partial charge in [-0.2, -0.15) is 0 Å². The van der Waals surface area contributed by atoms with Crippen LogP contribution in [0, 0.1) is 12.3 Å². The highest BCUT2D eigenvalue weighted by Gasteiger charge is 2.22. The van der Waals surface area contributed by atoms with Crippen molar-refractivity contribution in [2.75, 3.05) is 46.1 Å². The second-order valence-corrected chi connectivity index (χ2v) is 8.47. The Labute approximate surface area is 199 Å². The van der Waals surface area contributed by atoms with Crippen LogP contribution < -0.4 is 0 Å². The van der Waals surface area contributed by atoms with Crippen molar-refractivity contribution < 1.29 is 19.1 Å². The number of hydrogen-bond acceptors (Lipinski definition) is 4. The molecule has 2 amide bonds. The van der Waals surface area contributed by atoms with Crippen LogP contribution in [0.15, 0.2) is 35.1 Å². The predicted molar refractivity (Wildman–Crippen MR) is 131 cm³/mol. The first-order valence-electron chi connectivity index (χ1n) is 12.3. The number of ether oxygens (including phenoxy) is 2. The first-order valence-corrected chi connectivity index (χ1v) is 12.3. The van der Waals surface area contributed by atoms with Crippen LogP contribution in [-0.2, 0) is 19.1 Å². The fourth-order valence-electron chi connectivity index (χ4n) is 4.09. The van der Waals surface area contributed by atoms with E-state index < -0.39 is 0 Å². The first-order chi connectivity index (χ1) is 16.1. The normalized spacial score (nSPS) is 16.3. The van der Waals surface area contributed by atoms with Crippen LogP contribution in [0.1, 0.15) is 65.2 Å². The van der Waals surface area contributed by atoms with Crippen LogP contribution in [0.4, 0.5) is 0 Å². The third-order valence-electron chi connectivity index (χ3n) is 5.95. The lowest BCUT2D eigenvalue weighted by Gasteiger charge is -2.27. The van der Waals surface area contributed by atoms with Crippen molar-refractivity contribution in [1.82, 2.24) is 9.80 Å². The van der Waals surface area contributed by atoms with Crippen LogP contribution in [-0.4, -0.2) is 67.7 Å². The van der Waals surface area contributed by atoms with Crippen LogP contribution in [0.5, 0.6) is 0 Å². The molecule has 0 spiro atoms. The summed E-state index contributed by atoms with van der Waals surface area (Å²) in [7, 11) is 0. The summed E-state index contributed by atoms with van der Waals surface area (Å²) in [4.78, 5) is 29.1. The molecule has 0 unspecified atom stereocenters. The Balaban J connectivity index is 2.07. The quantitative estimate of drug-likeness (QED) is 0.307. The average Bonchev–Trinajstić information content (AvgIpc) is 3.04. The molecular formula is C27H40N2O4. The second kappa shape index (κ2) is 15.5. The molecule has 1 aliphatic carbocycles. The van der Waals surface area contributed by atoms with Gasteiger partial charge in [-0.05, 0) is 69.6 Å². The summed E-state index contributed by atoms with van der Waals surface area (Å²) < 4.78 is 11.3. The molecule has 6 heteroatoms. The Kier molecular flexibility index (Phi) is 12.6. The number of carbonyl (C=O) groups excluding carboxylic acids is 2. The lowest BCUT2D eigenvalue weighted by Crippen LogP contribution is -2.36. The zero-order chi connectivity index (χ0) is 23.9. The second-order valence-electron chi connectivity index (χ2n) is 8.47. The smallest absolute Gasteiger partial charge is 0.253 e. The van der Waals surface area contributed by atoms with E-state index in [2.05, 4.69) is 5.92 Å². The highest BCUT2D eigenvalue weighted by atomic mass is 16.5. The molecule has 0 N–H and O–H groups in total. The zero-order valence-corrected chi connectivity index (χ0v) is 20.4. The molecule has 1 saturated heterocycles. The molecule has 182 valence electrons. The van der Waals surface area contributed by atoms with Gasteiger partial charge in [0.05, 0.1) is 6.61 Å². The summed E-state index contributed by atoms with van der Waals surface area (Å²) in [5, 5.41) is 0. The van der Waals surface area contributed by atoms with Gasteiger partial charge in [-0.25, -0.2) is 0 Å². The van der Waals surface area contributed by atoms with Gasteiger partial charge >= 0.3 is 0 Å². The molecule has 6 nitrogen and oxygen atoms in total. The Morgan fingerprint density at radius 1 is 1.09 bits per heavy atom. The van der Waals surface area contributed by atoms with Crippen LogP contribution in [0.25, 0.3) is 0 Å². The molecule has 2 aliphatic rings. The number of amides is 2. The van der Waals surface area contributed by atoms with E-state index in [-0.39, 0.29) is 11.8 Å². The molecule has 2 rings (SSSR count). The summed E-state index contributed by atoms with van der Waals surface area (Å²) in [6.07, 6.45) is 18.6. The van der Waals surface area contributed by atoms with Gasteiger partial charge in [0.2, 0.25) is 5.91 Å². The minimum Gasteiger partial charge on any atom is -0.382 e. The zero-order valence-electron chi connectivity index (χ0n) is 20.4. The van der Waals surface area contributed by atoms with E-state index in [1.807, 2.05) is 30.1 Å². The van der Waals surface area contributed by atoms with E-state index in [4.69, 9.17) is 15.9 Å². The van der Waals surface area contributed by atoms with Crippen molar-refractivity contribution in [1.29, 1.82) is 0 Å². The third-order valence-corrected chi connectivity index (χ3v) is 5.95. The van der Waals surface area contributed by atoms with Crippen LogP contribution >= 0.6 is 0 Å². The van der Waals surface area contributed by atoms with E-state index >= 15 is 0 Å². The number of piperidine rings is 1. The third kappa shape index (κ3) is 9.19. The van der Waals surface area contributed by atoms with Crippen LogP contribution in [0.3, 0.4) is 0 Å². The number of carbonyl (C=O) groups is 2. The Morgan fingerprint density at radius 3 is 2.48 bits per heavy atom. The molecule has 0 aromatic carbocycles. The van der Waals surface area contributed by atoms with Crippen molar-refractivity contribution in [3.63, 3.8) is 0 Å². The SMILES string of the molecule is C#CCCN(C(C)=O)C1=C(COCCCCCOCC)CC=C(C(=O)N2CCCCC2)C=C1. The van der Waals surface area contributed by atoms with Crippen molar-refractivity contribution in [3.05, 3.63) is 35.1 Å². The number of unbranched alkanes of at least 4 members (excludes halogenated alkanes) is 2. The maximum atomic E-state index is 13.0. The van der Waals surface area contributed by atoms with Crippen molar-refractivity contribution in [2.45, 2.75) is 65.2 Å². The number of likely N-dealkylation sites (tertiary alicyclic amines) is 1. The van der Waals surface area contributed by atoms with E-state index in [1.54, 1.807) is 11.8 Å². The van der Waals surface area contributed by atoms with Gasteiger partial charge in [0.25, 0.3) is 5.91 Å². The highest BCUT2D eigenvalue weighted by molar-refractivity contribution is 5.96. The first kappa shape index (κ1) is 26.9. The monoisotopic (exact) mass is 456 g/mol. The Morgan fingerprint density at radius 2 is 1.82 bits per heavy atom. The van der Waals surface area contributed by atoms with Crippen LogP contribution in [0.2, 0.25) is 0 Å². The summed E-state index contributed by atoms with van der Waals surface area (Å²) in [6, 6.07) is 0. The maximum Gasteiger partial charge on any atom is 0.253 e. The van der Waals surface area contributed by atoms with Gasteiger partial charge in [0.15, 0.2) is 0 Å². The number of hydrogen-bond donors (Lipinski definition) is 0. The summed E-state index contributed by atoms with van der Waals surface area (Å²) in [6.45, 7) is 8.24. The molecule has 0 saturated carbocycles. The lowest BCUT2D eigenvalue weighted by atomic mass is 10.1. The van der Waals surface area contributed by atoms with Crippen molar-refractivity contribution in [2.24, 2.45) is 0 Å². The summed E-state index contributed by atoms with van der Waals surface area (Å²) >= 11 is 0. The maximum absolute atomic E-state index is 13.0. The molecule has 0 bridgehead atoms. The average molecular weight is 457 g/mol. The summed E-state index contributed by atoms with van der Waals surface area (Å²) in [5.74, 6) is 2.62. The number of rotatable bonds is 13. The van der Waals surface area contributed by atoms with Gasteiger partial charge in [0.1, 0.15) is 0 Å². The highest BCUT2D eigenvalue weighted by Crippen LogP contribution is 2.24. The molecule has 0 aromatic heterocycles. The largest absolute Gasteiger partial charge is 0.382 e. The van der Waals surface area contributed by atoms with E-state index in [0.717, 1.165) is 69.7 Å². The molecule has 0 atom stereocenters. The Bertz CT molecular complexity index is 769. The molecule has 1 aliphatic heterocycles. The predicted octanol–water partition coefficient (Wildman–Crippen LogP) is 4.23. The fourth-order valence-corrected chi connectivity index (χ4v) is 4.09. The van der Waals surface area contributed by atoms with E-state index in [9.17, 15) is 9.59 Å². The van der Waals surface area contributed by atoms with Crippen molar-refractivity contribution in [3.8, 4) is 12.3 Å². The van der Waals surface area contributed by atoms with Gasteiger partial charge in [-0.15, -0.1) is 12.3 Å². The lowest BCUT2D eigenvalue weighted by molar-refractivity contribution is -0.128. The Hall–Kier alpha value is -2.36. The number of allylic oxidation sites excluding steroid dienone is 2. The topological polar surface area (TPSA) is 59.1 Å². The van der Waals surface area contributed by atoms with E-state index in [1.165, 1.54) is 6.42 Å². The van der Waals surface area contributed by atoms with Crippen molar-refractivity contribution >= 4 is 11.8 Å². The molecule has 0 aromatic rings. The number of terminal acetylenes is 1. The van der Waals surface area contributed by atoms with Gasteiger partial charge in [0, 0.05) is 64.1 Å². The molecule has 1 heterocycles. The standard InChI is InChI=1S/C27H40N2O4/c1-4-6-19-29(23(3)30)26-16-15-24(27(31)28-17-9-7-10-18-28)13-14-25(26)22-33-21-12-8-11-20-32-5-2/h1,13,15-16H,5-12,14,17-22H2,2-3H3. The van der Waals surface area contributed by atoms with E-state index in [0.29, 0.717) is 38.2 Å². The molecule has 33 heavy (non-hydrogen) atoms. The number of nitrogens with zero attached hydrogens (tertiary/aromatic N) is 2. The summed E-state index contributed by atoms with van der Waals surface area (Å²) in [5.41, 5.74) is 2.47. The minimum atomic E-state index is -0.0656. The van der Waals surface area contributed by atoms with Gasteiger partial charge in [-0.1, -0.05) is 6.08 Å². The fraction of sp³-hybridized carbons (Fsp3) is 0.630. The molecular weight excluding hydrogens is 416 g/mol. The van der Waals surface area contributed by atoms with Gasteiger partial charge in [-0.3, -0.25) is 9.59 Å². The minimum absolute atomic E-state index is 0.0656. The molecule has 0 radical (unpaired) electrons. The molecule has 1 fully saturated rings.